The molecule has 0 saturated heterocycles. The monoisotopic (exact) mass is 588 g/mol. The fourth-order valence-electron chi connectivity index (χ4n) is 7.71. The van der Waals surface area contributed by atoms with Crippen LogP contribution in [0.3, 0.4) is 0 Å². The molecule has 3 aromatic heterocycles. The van der Waals surface area contributed by atoms with Gasteiger partial charge < -0.3 is 18.3 Å². The van der Waals surface area contributed by atoms with Crippen LogP contribution in [0, 0.1) is 0 Å². The molecule has 4 heteroatoms. The van der Waals surface area contributed by atoms with Crippen molar-refractivity contribution < 1.29 is 9.15 Å². The molecule has 46 heavy (non-hydrogen) atoms. The van der Waals surface area contributed by atoms with Crippen molar-refractivity contribution in [2.45, 2.75) is 0 Å². The molecule has 0 fully saturated rings. The summed E-state index contributed by atoms with van der Waals surface area (Å²) in [4.78, 5) is 0. The van der Waals surface area contributed by atoms with Crippen LogP contribution in [0.2, 0.25) is 0 Å². The molecule has 0 saturated carbocycles. The zero-order chi connectivity index (χ0) is 29.9. The standard InChI is InChI=1S/C42H24N2O2/c1-3-11-33-32(9-1)40-35(23-22-31-29-8-2-5-13-37(29)46-42(31)40)43(33)27-19-16-25(17-20-27)26-18-21-28-30-10-7-15-39-41(30)44(36(28)24-26)34-12-4-6-14-38(34)45-39/h1-24H. The molecule has 10 aromatic rings. The van der Waals surface area contributed by atoms with Crippen molar-refractivity contribution in [2.24, 2.45) is 0 Å². The Kier molecular flexibility index (Phi) is 4.55. The number of furan rings is 1. The molecule has 0 N–H and O–H groups in total. The molecule has 0 unspecified atom stereocenters. The third-order valence-corrected chi connectivity index (χ3v) is 9.72. The van der Waals surface area contributed by atoms with Gasteiger partial charge in [0.2, 0.25) is 0 Å². The van der Waals surface area contributed by atoms with E-state index in [0.29, 0.717) is 0 Å². The molecule has 1 aliphatic rings. The molecular formula is C42H24N2O2. The highest BCUT2D eigenvalue weighted by Gasteiger charge is 2.24. The van der Waals surface area contributed by atoms with Gasteiger partial charge in [-0.1, -0.05) is 84.9 Å². The Balaban J connectivity index is 1.09. The second-order valence-electron chi connectivity index (χ2n) is 12.1. The molecule has 0 amide bonds. The molecule has 0 aliphatic carbocycles. The van der Waals surface area contributed by atoms with Gasteiger partial charge in [0.15, 0.2) is 11.5 Å². The second kappa shape index (κ2) is 8.68. The lowest BCUT2D eigenvalue weighted by Crippen LogP contribution is -2.03. The molecule has 0 bridgehead atoms. The lowest BCUT2D eigenvalue weighted by molar-refractivity contribution is 0.476. The van der Waals surface area contributed by atoms with E-state index in [1.54, 1.807) is 0 Å². The number of para-hydroxylation sites is 5. The third-order valence-electron chi connectivity index (χ3n) is 9.72. The lowest BCUT2D eigenvalue weighted by Gasteiger charge is -2.20. The van der Waals surface area contributed by atoms with Crippen LogP contribution in [0.1, 0.15) is 0 Å². The summed E-state index contributed by atoms with van der Waals surface area (Å²) in [7, 11) is 0. The van der Waals surface area contributed by atoms with Crippen molar-refractivity contribution in [1.29, 1.82) is 0 Å². The summed E-state index contributed by atoms with van der Waals surface area (Å²) in [6, 6.07) is 51.7. The molecular weight excluding hydrogens is 564 g/mol. The summed E-state index contributed by atoms with van der Waals surface area (Å²) in [5, 5.41) is 7.06. The van der Waals surface area contributed by atoms with E-state index in [1.807, 2.05) is 24.3 Å². The first-order valence-electron chi connectivity index (χ1n) is 15.6. The number of ether oxygens (including phenoxy) is 1. The van der Waals surface area contributed by atoms with E-state index < -0.39 is 0 Å². The Labute approximate surface area is 262 Å². The molecule has 1 aliphatic heterocycles. The van der Waals surface area contributed by atoms with Gasteiger partial charge in [-0.25, -0.2) is 0 Å². The maximum Gasteiger partial charge on any atom is 0.152 e. The van der Waals surface area contributed by atoms with E-state index in [0.717, 1.165) is 66.7 Å². The number of fused-ring (bicyclic) bond motifs is 12. The van der Waals surface area contributed by atoms with Crippen LogP contribution < -0.4 is 4.74 Å². The minimum Gasteiger partial charge on any atom is -0.455 e. The van der Waals surface area contributed by atoms with Gasteiger partial charge in [0.1, 0.15) is 11.2 Å². The summed E-state index contributed by atoms with van der Waals surface area (Å²) in [6.07, 6.45) is 0. The van der Waals surface area contributed by atoms with Gasteiger partial charge in [-0.05, 0) is 71.8 Å². The predicted molar refractivity (Wildman–Crippen MR) is 188 cm³/mol. The molecule has 0 spiro atoms. The third kappa shape index (κ3) is 3.07. The summed E-state index contributed by atoms with van der Waals surface area (Å²) in [6.45, 7) is 0. The maximum atomic E-state index is 6.49. The first-order valence-corrected chi connectivity index (χ1v) is 15.6. The quantitative estimate of drug-likeness (QED) is 0.201. The van der Waals surface area contributed by atoms with Gasteiger partial charge in [0, 0.05) is 32.6 Å². The Morgan fingerprint density at radius 1 is 0.435 bits per heavy atom. The van der Waals surface area contributed by atoms with Gasteiger partial charge in [-0.3, -0.25) is 0 Å². The molecule has 4 nitrogen and oxygen atoms in total. The maximum absolute atomic E-state index is 6.49. The highest BCUT2D eigenvalue weighted by molar-refractivity contribution is 6.23. The minimum atomic E-state index is 0.876. The van der Waals surface area contributed by atoms with Gasteiger partial charge in [0.25, 0.3) is 0 Å². The Morgan fingerprint density at radius 3 is 2.11 bits per heavy atom. The van der Waals surface area contributed by atoms with E-state index in [1.165, 1.54) is 32.8 Å². The Bertz CT molecular complexity index is 2880. The molecule has 0 radical (unpaired) electrons. The van der Waals surface area contributed by atoms with Crippen molar-refractivity contribution in [3.05, 3.63) is 146 Å². The average Bonchev–Trinajstić information content (AvgIpc) is 3.77. The van der Waals surface area contributed by atoms with Crippen LogP contribution in [0.4, 0.5) is 0 Å². The van der Waals surface area contributed by atoms with Crippen molar-refractivity contribution in [2.75, 3.05) is 0 Å². The van der Waals surface area contributed by atoms with Crippen molar-refractivity contribution >= 4 is 65.6 Å². The molecule has 0 atom stereocenters. The van der Waals surface area contributed by atoms with Crippen molar-refractivity contribution in [3.63, 3.8) is 0 Å². The summed E-state index contributed by atoms with van der Waals surface area (Å²) in [5.41, 5.74) is 11.0. The molecule has 4 heterocycles. The summed E-state index contributed by atoms with van der Waals surface area (Å²) >= 11 is 0. The van der Waals surface area contributed by atoms with Crippen LogP contribution >= 0.6 is 0 Å². The number of hydrogen-bond donors (Lipinski definition) is 0. The van der Waals surface area contributed by atoms with Crippen LogP contribution in [0.25, 0.3) is 88.1 Å². The number of nitrogens with zero attached hydrogens (tertiary/aromatic N) is 2. The predicted octanol–water partition coefficient (Wildman–Crippen LogP) is 11.6. The van der Waals surface area contributed by atoms with Gasteiger partial charge in [0.05, 0.1) is 33.1 Å². The number of benzene rings is 7. The normalized spacial score (nSPS) is 12.5. The second-order valence-corrected chi connectivity index (χ2v) is 12.1. The van der Waals surface area contributed by atoms with Crippen LogP contribution in [-0.4, -0.2) is 9.13 Å². The van der Waals surface area contributed by atoms with Crippen molar-refractivity contribution in [1.82, 2.24) is 9.13 Å². The zero-order valence-corrected chi connectivity index (χ0v) is 24.6. The highest BCUT2D eigenvalue weighted by Crippen LogP contribution is 2.46. The van der Waals surface area contributed by atoms with E-state index in [-0.39, 0.29) is 0 Å². The Hall–Kier alpha value is -6.26. The molecule has 11 rings (SSSR count). The largest absolute Gasteiger partial charge is 0.455 e. The van der Waals surface area contributed by atoms with E-state index in [2.05, 4.69) is 130 Å². The first kappa shape index (κ1) is 24.1. The number of rotatable bonds is 2. The fraction of sp³-hybridized carbons (Fsp3) is 0. The summed E-state index contributed by atoms with van der Waals surface area (Å²) < 4.78 is 17.5. The van der Waals surface area contributed by atoms with Crippen LogP contribution in [0.5, 0.6) is 11.5 Å². The molecule has 7 aromatic carbocycles. The number of aromatic nitrogens is 2. The number of hydrogen-bond acceptors (Lipinski definition) is 2. The topological polar surface area (TPSA) is 32.2 Å². The van der Waals surface area contributed by atoms with Crippen molar-refractivity contribution in [3.8, 4) is 34.0 Å². The summed E-state index contributed by atoms with van der Waals surface area (Å²) in [5.74, 6) is 1.77. The SMILES string of the molecule is c1ccc2c(c1)Oc1cccc3c4ccc(-c5ccc(-n6c7ccccc7c7c8oc9ccccc9c8ccc76)cc5)cc4n-2c13. The van der Waals surface area contributed by atoms with Gasteiger partial charge in [-0.2, -0.15) is 0 Å². The van der Waals surface area contributed by atoms with Gasteiger partial charge in [-0.15, -0.1) is 0 Å². The van der Waals surface area contributed by atoms with Gasteiger partial charge >= 0.3 is 0 Å². The fourth-order valence-corrected chi connectivity index (χ4v) is 7.71. The van der Waals surface area contributed by atoms with Crippen LogP contribution in [0.15, 0.2) is 150 Å². The molecule has 214 valence electrons. The van der Waals surface area contributed by atoms with E-state index in [4.69, 9.17) is 9.15 Å². The minimum absolute atomic E-state index is 0.876. The highest BCUT2D eigenvalue weighted by atomic mass is 16.5. The van der Waals surface area contributed by atoms with E-state index in [9.17, 15) is 0 Å². The first-order chi connectivity index (χ1) is 22.8. The lowest BCUT2D eigenvalue weighted by atomic mass is 10.0. The smallest absolute Gasteiger partial charge is 0.152 e. The van der Waals surface area contributed by atoms with Crippen LogP contribution in [-0.2, 0) is 0 Å². The Morgan fingerprint density at radius 2 is 1.17 bits per heavy atom. The average molecular weight is 589 g/mol. The zero-order valence-electron chi connectivity index (χ0n) is 24.6. The van der Waals surface area contributed by atoms with E-state index >= 15 is 0 Å².